The number of hydrogen-bond donors (Lipinski definition) is 1. The highest BCUT2D eigenvalue weighted by Crippen LogP contribution is 2.45. The zero-order chi connectivity index (χ0) is 9.64. The van der Waals surface area contributed by atoms with Gasteiger partial charge in [-0.25, -0.2) is 4.98 Å². The summed E-state index contributed by atoms with van der Waals surface area (Å²) in [6.45, 7) is 5.68. The van der Waals surface area contributed by atoms with Crippen molar-refractivity contribution < 1.29 is 5.11 Å². The lowest BCUT2D eigenvalue weighted by Gasteiger charge is -2.16. The minimum atomic E-state index is -0.718. The van der Waals surface area contributed by atoms with Gasteiger partial charge in [0.25, 0.3) is 0 Å². The summed E-state index contributed by atoms with van der Waals surface area (Å²) in [6, 6.07) is 0. The first-order chi connectivity index (χ1) is 5.98. The molecule has 72 valence electrons. The van der Waals surface area contributed by atoms with Gasteiger partial charge in [-0.15, -0.1) is 11.3 Å². The van der Waals surface area contributed by atoms with Gasteiger partial charge in [0, 0.05) is 5.92 Å². The van der Waals surface area contributed by atoms with Crippen molar-refractivity contribution in [1.29, 1.82) is 0 Å². The third-order valence-electron chi connectivity index (χ3n) is 2.28. The Hall–Kier alpha value is -0.410. The molecule has 0 atom stereocenters. The van der Waals surface area contributed by atoms with Crippen molar-refractivity contribution in [2.45, 2.75) is 45.1 Å². The molecule has 0 spiro atoms. The second-order valence-electron chi connectivity index (χ2n) is 4.28. The van der Waals surface area contributed by atoms with Gasteiger partial charge in [0.15, 0.2) is 0 Å². The zero-order valence-electron chi connectivity index (χ0n) is 8.29. The van der Waals surface area contributed by atoms with Crippen molar-refractivity contribution in [3.05, 3.63) is 15.6 Å². The highest BCUT2D eigenvalue weighted by Gasteiger charge is 2.33. The number of aryl methyl sites for hydroxylation is 1. The number of hydrogen-bond acceptors (Lipinski definition) is 3. The van der Waals surface area contributed by atoms with E-state index in [0.717, 1.165) is 15.6 Å². The van der Waals surface area contributed by atoms with Gasteiger partial charge < -0.3 is 5.11 Å². The van der Waals surface area contributed by atoms with Crippen LogP contribution in [0, 0.1) is 6.92 Å². The van der Waals surface area contributed by atoms with E-state index in [2.05, 4.69) is 4.98 Å². The molecule has 0 aromatic carbocycles. The quantitative estimate of drug-likeness (QED) is 0.790. The minimum Gasteiger partial charge on any atom is -0.385 e. The van der Waals surface area contributed by atoms with Crippen molar-refractivity contribution in [2.24, 2.45) is 0 Å². The molecule has 3 heteroatoms. The van der Waals surface area contributed by atoms with E-state index >= 15 is 0 Å². The summed E-state index contributed by atoms with van der Waals surface area (Å²) in [7, 11) is 0. The first-order valence-corrected chi connectivity index (χ1v) is 5.50. The predicted octanol–water partition coefficient (Wildman–Crippen LogP) is 2.56. The van der Waals surface area contributed by atoms with Crippen molar-refractivity contribution in [3.8, 4) is 0 Å². The average Bonchev–Trinajstić information content (AvgIpc) is 2.73. The molecular weight excluding hydrogens is 182 g/mol. The number of thiazole rings is 1. The van der Waals surface area contributed by atoms with E-state index in [4.69, 9.17) is 0 Å². The van der Waals surface area contributed by atoms with E-state index < -0.39 is 5.60 Å². The second-order valence-corrected chi connectivity index (χ2v) is 5.48. The zero-order valence-corrected chi connectivity index (χ0v) is 9.11. The molecule has 0 aliphatic heterocycles. The fourth-order valence-electron chi connectivity index (χ4n) is 1.51. The van der Waals surface area contributed by atoms with Crippen LogP contribution in [-0.4, -0.2) is 10.1 Å². The highest BCUT2D eigenvalue weighted by molar-refractivity contribution is 7.11. The van der Waals surface area contributed by atoms with Crippen LogP contribution in [0.5, 0.6) is 0 Å². The molecule has 0 saturated heterocycles. The van der Waals surface area contributed by atoms with Crippen LogP contribution in [-0.2, 0) is 5.60 Å². The molecule has 0 amide bonds. The monoisotopic (exact) mass is 197 g/mol. The van der Waals surface area contributed by atoms with Crippen LogP contribution >= 0.6 is 11.3 Å². The molecule has 1 N–H and O–H groups in total. The fraction of sp³-hybridized carbons (Fsp3) is 0.700. The van der Waals surface area contributed by atoms with Crippen molar-refractivity contribution in [1.82, 2.24) is 4.98 Å². The molecule has 2 rings (SSSR count). The standard InChI is InChI=1S/C10H15NOS/c1-6-11-8(7-4-5-7)9(13-6)10(2,3)12/h7,12H,4-5H2,1-3H3. The largest absolute Gasteiger partial charge is 0.385 e. The molecule has 0 radical (unpaired) electrons. The molecule has 1 aromatic heterocycles. The van der Waals surface area contributed by atoms with E-state index in [1.54, 1.807) is 11.3 Å². The lowest BCUT2D eigenvalue weighted by Crippen LogP contribution is -2.15. The number of nitrogens with zero attached hydrogens (tertiary/aromatic N) is 1. The van der Waals surface area contributed by atoms with E-state index in [9.17, 15) is 5.11 Å². The third-order valence-corrected chi connectivity index (χ3v) is 3.58. The molecule has 1 aliphatic carbocycles. The maximum absolute atomic E-state index is 9.93. The molecule has 13 heavy (non-hydrogen) atoms. The van der Waals surface area contributed by atoms with Crippen LogP contribution in [0.3, 0.4) is 0 Å². The summed E-state index contributed by atoms with van der Waals surface area (Å²) in [5.74, 6) is 0.631. The Morgan fingerprint density at radius 2 is 2.08 bits per heavy atom. The molecule has 1 fully saturated rings. The Morgan fingerprint density at radius 3 is 2.54 bits per heavy atom. The Morgan fingerprint density at radius 1 is 1.46 bits per heavy atom. The van der Waals surface area contributed by atoms with Crippen LogP contribution in [0.4, 0.5) is 0 Å². The van der Waals surface area contributed by atoms with Gasteiger partial charge in [-0.3, -0.25) is 0 Å². The van der Waals surface area contributed by atoms with Gasteiger partial charge in [0.2, 0.25) is 0 Å². The second kappa shape index (κ2) is 2.79. The van der Waals surface area contributed by atoms with E-state index in [0.29, 0.717) is 5.92 Å². The van der Waals surface area contributed by atoms with E-state index in [-0.39, 0.29) is 0 Å². The molecule has 1 aromatic rings. The molecule has 0 bridgehead atoms. The first-order valence-electron chi connectivity index (χ1n) is 4.68. The Balaban J connectivity index is 2.42. The Kier molecular flexibility index (Phi) is 1.96. The summed E-state index contributed by atoms with van der Waals surface area (Å²) < 4.78 is 0. The van der Waals surface area contributed by atoms with Gasteiger partial charge >= 0.3 is 0 Å². The van der Waals surface area contributed by atoms with E-state index in [1.165, 1.54) is 12.8 Å². The fourth-order valence-corrected chi connectivity index (χ4v) is 2.52. The summed E-state index contributed by atoms with van der Waals surface area (Å²) in [5.41, 5.74) is 0.430. The SMILES string of the molecule is Cc1nc(C2CC2)c(C(C)(C)O)s1. The molecule has 0 unspecified atom stereocenters. The van der Waals surface area contributed by atoms with Crippen LogP contribution in [0.2, 0.25) is 0 Å². The number of rotatable bonds is 2. The van der Waals surface area contributed by atoms with E-state index in [1.807, 2.05) is 20.8 Å². The molecule has 2 nitrogen and oxygen atoms in total. The minimum absolute atomic E-state index is 0.631. The van der Waals surface area contributed by atoms with Crippen LogP contribution in [0.25, 0.3) is 0 Å². The van der Waals surface area contributed by atoms with Gasteiger partial charge in [0.05, 0.1) is 21.2 Å². The van der Waals surface area contributed by atoms with Crippen LogP contribution in [0.15, 0.2) is 0 Å². The normalized spacial score (nSPS) is 17.8. The molecular formula is C10H15NOS. The van der Waals surface area contributed by atoms with Crippen molar-refractivity contribution in [3.63, 3.8) is 0 Å². The number of aliphatic hydroxyl groups is 1. The third kappa shape index (κ3) is 1.76. The van der Waals surface area contributed by atoms with Crippen LogP contribution < -0.4 is 0 Å². The summed E-state index contributed by atoms with van der Waals surface area (Å²) in [4.78, 5) is 5.56. The average molecular weight is 197 g/mol. The maximum atomic E-state index is 9.93. The maximum Gasteiger partial charge on any atom is 0.0951 e. The lowest BCUT2D eigenvalue weighted by molar-refractivity contribution is 0.0813. The molecule has 1 heterocycles. The summed E-state index contributed by atoms with van der Waals surface area (Å²) in [6.07, 6.45) is 2.48. The van der Waals surface area contributed by atoms with Gasteiger partial charge in [-0.1, -0.05) is 0 Å². The van der Waals surface area contributed by atoms with Gasteiger partial charge in [-0.05, 0) is 33.6 Å². The first kappa shape index (κ1) is 9.16. The van der Waals surface area contributed by atoms with Crippen molar-refractivity contribution >= 4 is 11.3 Å². The summed E-state index contributed by atoms with van der Waals surface area (Å²) in [5, 5.41) is 11.0. The molecule has 1 saturated carbocycles. The Labute approximate surface area is 82.6 Å². The smallest absolute Gasteiger partial charge is 0.0951 e. The number of aromatic nitrogens is 1. The lowest BCUT2D eigenvalue weighted by atomic mass is 10.0. The van der Waals surface area contributed by atoms with Gasteiger partial charge in [0.1, 0.15) is 0 Å². The van der Waals surface area contributed by atoms with Crippen molar-refractivity contribution in [2.75, 3.05) is 0 Å². The predicted molar refractivity (Wildman–Crippen MR) is 54.1 cm³/mol. The molecule has 1 aliphatic rings. The van der Waals surface area contributed by atoms with Gasteiger partial charge in [-0.2, -0.15) is 0 Å². The topological polar surface area (TPSA) is 33.1 Å². The Bertz CT molecular complexity index is 320. The summed E-state index contributed by atoms with van der Waals surface area (Å²) >= 11 is 1.63. The highest BCUT2D eigenvalue weighted by atomic mass is 32.1. The van der Waals surface area contributed by atoms with Crippen LogP contribution in [0.1, 0.15) is 48.2 Å².